The predicted molar refractivity (Wildman–Crippen MR) is 78.6 cm³/mol. The van der Waals surface area contributed by atoms with Gasteiger partial charge in [-0.1, -0.05) is 13.3 Å². The first-order chi connectivity index (χ1) is 9.27. The highest BCUT2D eigenvalue weighted by atomic mass is 16.4. The van der Waals surface area contributed by atoms with Crippen molar-refractivity contribution in [2.75, 3.05) is 52.4 Å². The Morgan fingerprint density at radius 1 is 0.789 bits per heavy atom. The lowest BCUT2D eigenvalue weighted by Crippen LogP contribution is -2.31. The van der Waals surface area contributed by atoms with Gasteiger partial charge in [0.1, 0.15) is 0 Å². The lowest BCUT2D eigenvalue weighted by Gasteiger charge is -2.06. The van der Waals surface area contributed by atoms with Crippen molar-refractivity contribution in [2.24, 2.45) is 0 Å². The lowest BCUT2D eigenvalue weighted by molar-refractivity contribution is -0.135. The molecule has 5 N–H and O–H groups in total. The van der Waals surface area contributed by atoms with Crippen LogP contribution in [0.1, 0.15) is 26.2 Å². The summed E-state index contributed by atoms with van der Waals surface area (Å²) in [5.74, 6) is -0.804. The van der Waals surface area contributed by atoms with Crippen LogP contribution in [-0.4, -0.2) is 63.4 Å². The molecule has 114 valence electrons. The number of aliphatic carboxylic acids is 1. The van der Waals surface area contributed by atoms with Crippen molar-refractivity contribution in [1.29, 1.82) is 0 Å². The van der Waals surface area contributed by atoms with Gasteiger partial charge in [-0.25, -0.2) is 0 Å². The molecular formula is C13H30N4O2. The SMILES string of the molecule is CCNCCNCCCCCNCCNCC(=O)O. The molecule has 0 spiro atoms. The zero-order chi connectivity index (χ0) is 14.2. The van der Waals surface area contributed by atoms with Gasteiger partial charge in [0.2, 0.25) is 0 Å². The van der Waals surface area contributed by atoms with Gasteiger partial charge in [-0.2, -0.15) is 0 Å². The van der Waals surface area contributed by atoms with E-state index >= 15 is 0 Å². The van der Waals surface area contributed by atoms with Crippen LogP contribution in [0.2, 0.25) is 0 Å². The van der Waals surface area contributed by atoms with Crippen LogP contribution in [0.4, 0.5) is 0 Å². The fraction of sp³-hybridized carbons (Fsp3) is 0.923. The van der Waals surface area contributed by atoms with E-state index in [1.54, 1.807) is 0 Å². The van der Waals surface area contributed by atoms with Crippen molar-refractivity contribution in [2.45, 2.75) is 26.2 Å². The van der Waals surface area contributed by atoms with Crippen LogP contribution < -0.4 is 21.3 Å². The third-order valence-electron chi connectivity index (χ3n) is 2.69. The Balaban J connectivity index is 2.93. The molecule has 0 aliphatic carbocycles. The largest absolute Gasteiger partial charge is 0.480 e. The summed E-state index contributed by atoms with van der Waals surface area (Å²) in [4.78, 5) is 10.2. The summed E-state index contributed by atoms with van der Waals surface area (Å²) in [5, 5.41) is 21.2. The Kier molecular flexibility index (Phi) is 14.8. The van der Waals surface area contributed by atoms with E-state index in [9.17, 15) is 4.79 Å². The Bertz CT molecular complexity index is 203. The second-order valence-corrected chi connectivity index (χ2v) is 4.48. The first kappa shape index (κ1) is 18.3. The minimum atomic E-state index is -0.804. The highest BCUT2D eigenvalue weighted by molar-refractivity contribution is 5.68. The fourth-order valence-electron chi connectivity index (χ4n) is 1.65. The monoisotopic (exact) mass is 274 g/mol. The van der Waals surface area contributed by atoms with Crippen LogP contribution in [0.5, 0.6) is 0 Å². The molecule has 0 amide bonds. The Hall–Kier alpha value is -0.690. The summed E-state index contributed by atoms with van der Waals surface area (Å²) in [6, 6.07) is 0. The first-order valence-electron chi connectivity index (χ1n) is 7.32. The molecular weight excluding hydrogens is 244 g/mol. The number of carbonyl (C=O) groups is 1. The second-order valence-electron chi connectivity index (χ2n) is 4.48. The number of unbranched alkanes of at least 4 members (excludes halogenated alkanes) is 2. The number of likely N-dealkylation sites (N-methyl/N-ethyl adjacent to an activating group) is 1. The predicted octanol–water partition coefficient (Wildman–Crippen LogP) is -0.380. The van der Waals surface area contributed by atoms with E-state index in [2.05, 4.69) is 28.2 Å². The Morgan fingerprint density at radius 3 is 1.84 bits per heavy atom. The normalized spacial score (nSPS) is 10.8. The van der Waals surface area contributed by atoms with E-state index in [-0.39, 0.29) is 6.54 Å². The molecule has 0 bridgehead atoms. The van der Waals surface area contributed by atoms with Gasteiger partial charge in [0.05, 0.1) is 6.54 Å². The summed E-state index contributed by atoms with van der Waals surface area (Å²) < 4.78 is 0. The van der Waals surface area contributed by atoms with Gasteiger partial charge < -0.3 is 26.4 Å². The maximum Gasteiger partial charge on any atom is 0.317 e. The van der Waals surface area contributed by atoms with Crippen molar-refractivity contribution in [3.63, 3.8) is 0 Å². The minimum Gasteiger partial charge on any atom is -0.480 e. The molecule has 0 rings (SSSR count). The molecule has 0 unspecified atom stereocenters. The number of hydrogen-bond donors (Lipinski definition) is 5. The van der Waals surface area contributed by atoms with Crippen molar-refractivity contribution in [3.8, 4) is 0 Å². The third-order valence-corrected chi connectivity index (χ3v) is 2.69. The van der Waals surface area contributed by atoms with E-state index in [0.29, 0.717) is 6.54 Å². The molecule has 0 aromatic heterocycles. The van der Waals surface area contributed by atoms with Crippen LogP contribution in [0.3, 0.4) is 0 Å². The molecule has 0 saturated heterocycles. The summed E-state index contributed by atoms with van der Waals surface area (Å²) in [6.45, 7) is 8.91. The third kappa shape index (κ3) is 17.3. The summed E-state index contributed by atoms with van der Waals surface area (Å²) in [6.07, 6.45) is 3.61. The average Bonchev–Trinajstić information content (AvgIpc) is 2.39. The maximum absolute atomic E-state index is 10.2. The molecule has 0 aromatic rings. The number of carboxylic acids is 1. The number of carboxylic acid groups (broad SMARTS) is 1. The highest BCUT2D eigenvalue weighted by Gasteiger charge is 1.94. The minimum absolute atomic E-state index is 0.0419. The van der Waals surface area contributed by atoms with Gasteiger partial charge in [0.15, 0.2) is 0 Å². The topological polar surface area (TPSA) is 85.4 Å². The first-order valence-corrected chi connectivity index (χ1v) is 7.32. The molecule has 6 heteroatoms. The van der Waals surface area contributed by atoms with Crippen molar-refractivity contribution < 1.29 is 9.90 Å². The molecule has 0 radical (unpaired) electrons. The van der Waals surface area contributed by atoms with E-state index in [1.165, 1.54) is 19.3 Å². The van der Waals surface area contributed by atoms with Crippen molar-refractivity contribution >= 4 is 5.97 Å². The zero-order valence-corrected chi connectivity index (χ0v) is 12.1. The second kappa shape index (κ2) is 15.4. The van der Waals surface area contributed by atoms with E-state index in [4.69, 9.17) is 5.11 Å². The standard InChI is InChI=1S/C13H30N4O2/c1-2-14-8-9-15-6-4-3-5-7-16-10-11-17-12-13(18)19/h14-17H,2-12H2,1H3,(H,18,19). The molecule has 0 aromatic carbocycles. The van der Waals surface area contributed by atoms with Crippen molar-refractivity contribution in [1.82, 2.24) is 21.3 Å². The number of nitrogens with one attached hydrogen (secondary N) is 4. The van der Waals surface area contributed by atoms with Gasteiger partial charge in [-0.15, -0.1) is 0 Å². The van der Waals surface area contributed by atoms with Crippen LogP contribution in [0.25, 0.3) is 0 Å². The fourth-order valence-corrected chi connectivity index (χ4v) is 1.65. The van der Waals surface area contributed by atoms with Crippen LogP contribution in [-0.2, 0) is 4.79 Å². The van der Waals surface area contributed by atoms with E-state index in [0.717, 1.165) is 39.3 Å². The summed E-state index contributed by atoms with van der Waals surface area (Å²) in [5.41, 5.74) is 0. The van der Waals surface area contributed by atoms with Crippen molar-refractivity contribution in [3.05, 3.63) is 0 Å². The highest BCUT2D eigenvalue weighted by Crippen LogP contribution is 1.91. The van der Waals surface area contributed by atoms with Crippen LogP contribution >= 0.6 is 0 Å². The van der Waals surface area contributed by atoms with Gasteiger partial charge in [0.25, 0.3) is 0 Å². The molecule has 0 aliphatic heterocycles. The molecule has 19 heavy (non-hydrogen) atoms. The lowest BCUT2D eigenvalue weighted by atomic mass is 10.2. The van der Waals surface area contributed by atoms with Crippen LogP contribution in [0.15, 0.2) is 0 Å². The summed E-state index contributed by atoms with van der Waals surface area (Å²) >= 11 is 0. The number of hydrogen-bond acceptors (Lipinski definition) is 5. The Morgan fingerprint density at radius 2 is 1.32 bits per heavy atom. The number of rotatable bonds is 15. The van der Waals surface area contributed by atoms with Gasteiger partial charge in [-0.05, 0) is 32.5 Å². The molecule has 0 fully saturated rings. The molecule has 0 aliphatic rings. The van der Waals surface area contributed by atoms with Gasteiger partial charge in [-0.3, -0.25) is 4.79 Å². The average molecular weight is 274 g/mol. The van der Waals surface area contributed by atoms with E-state index < -0.39 is 5.97 Å². The van der Waals surface area contributed by atoms with Crippen LogP contribution in [0, 0.1) is 0 Å². The maximum atomic E-state index is 10.2. The molecule has 0 heterocycles. The zero-order valence-electron chi connectivity index (χ0n) is 12.1. The smallest absolute Gasteiger partial charge is 0.317 e. The molecule has 0 atom stereocenters. The molecule has 0 saturated carbocycles. The summed E-state index contributed by atoms with van der Waals surface area (Å²) in [7, 11) is 0. The van der Waals surface area contributed by atoms with Gasteiger partial charge >= 0.3 is 5.97 Å². The van der Waals surface area contributed by atoms with E-state index in [1.807, 2.05) is 0 Å². The quantitative estimate of drug-likeness (QED) is 0.262. The molecule has 6 nitrogen and oxygen atoms in total. The van der Waals surface area contributed by atoms with Gasteiger partial charge in [0, 0.05) is 26.2 Å². The Labute approximate surface area is 116 Å².